The van der Waals surface area contributed by atoms with E-state index in [1.165, 1.54) is 13.4 Å². The number of hydrogen-bond donors (Lipinski definition) is 0. The number of carbonyl (C=O) groups is 2. The zero-order chi connectivity index (χ0) is 15.1. The van der Waals surface area contributed by atoms with Crippen molar-refractivity contribution in [3.8, 4) is 0 Å². The Labute approximate surface area is 123 Å². The molecule has 0 aliphatic rings. The maximum Gasteiger partial charge on any atom is 0.307 e. The number of carbonyl (C=O) groups excluding carboxylic acids is 2. The van der Waals surface area contributed by atoms with Gasteiger partial charge in [0.25, 0.3) is 5.91 Å². The van der Waals surface area contributed by atoms with Crippen LogP contribution < -0.4 is 0 Å². The Balaban J connectivity index is 2.10. The summed E-state index contributed by atoms with van der Waals surface area (Å²) in [5, 5.41) is 0. The fraction of sp³-hybridized carbons (Fsp3) is 0.250. The molecule has 1 aromatic carbocycles. The van der Waals surface area contributed by atoms with Crippen molar-refractivity contribution in [2.75, 3.05) is 13.7 Å². The molecule has 5 nitrogen and oxygen atoms in total. The topological polar surface area (TPSA) is 59.8 Å². The zero-order valence-corrected chi connectivity index (χ0v) is 11.8. The van der Waals surface area contributed by atoms with Crippen molar-refractivity contribution >= 4 is 11.9 Å². The largest absolute Gasteiger partial charge is 0.469 e. The quantitative estimate of drug-likeness (QED) is 0.766. The third-order valence-corrected chi connectivity index (χ3v) is 3.05. The highest BCUT2D eigenvalue weighted by atomic mass is 16.5. The van der Waals surface area contributed by atoms with Crippen molar-refractivity contribution in [2.24, 2.45) is 0 Å². The van der Waals surface area contributed by atoms with Gasteiger partial charge in [-0.2, -0.15) is 0 Å². The molecule has 0 aliphatic heterocycles. The second kappa shape index (κ2) is 7.28. The van der Waals surface area contributed by atoms with Gasteiger partial charge in [-0.3, -0.25) is 9.59 Å². The average Bonchev–Trinajstić information content (AvgIpc) is 3.05. The highest BCUT2D eigenvalue weighted by Gasteiger charge is 2.19. The average molecular weight is 287 g/mol. The number of esters is 1. The lowest BCUT2D eigenvalue weighted by Crippen LogP contribution is -2.32. The fourth-order valence-electron chi connectivity index (χ4n) is 1.94. The Morgan fingerprint density at radius 2 is 1.90 bits per heavy atom. The molecule has 0 unspecified atom stereocenters. The number of hydrogen-bond acceptors (Lipinski definition) is 4. The van der Waals surface area contributed by atoms with E-state index in [1.807, 2.05) is 30.3 Å². The molecule has 110 valence electrons. The van der Waals surface area contributed by atoms with Crippen molar-refractivity contribution in [3.05, 3.63) is 60.1 Å². The maximum atomic E-state index is 12.4. The summed E-state index contributed by atoms with van der Waals surface area (Å²) in [7, 11) is 1.33. The molecule has 0 atom stereocenters. The van der Waals surface area contributed by atoms with Gasteiger partial charge >= 0.3 is 5.97 Å². The van der Waals surface area contributed by atoms with Crippen LogP contribution in [-0.4, -0.2) is 30.4 Å². The molecule has 0 aliphatic carbocycles. The number of benzene rings is 1. The monoisotopic (exact) mass is 287 g/mol. The summed E-state index contributed by atoms with van der Waals surface area (Å²) in [4.78, 5) is 25.3. The SMILES string of the molecule is COC(=O)CCN(Cc1ccccc1)C(=O)c1ccco1. The minimum Gasteiger partial charge on any atom is -0.469 e. The van der Waals surface area contributed by atoms with Gasteiger partial charge in [0.1, 0.15) is 0 Å². The standard InChI is InChI=1S/C16H17NO4/c1-20-15(18)9-10-17(12-13-6-3-2-4-7-13)16(19)14-8-5-11-21-14/h2-8,11H,9-10,12H2,1H3. The molecular formula is C16H17NO4. The summed E-state index contributed by atoms with van der Waals surface area (Å²) in [5.41, 5.74) is 0.988. The van der Waals surface area contributed by atoms with Gasteiger partial charge in [0.05, 0.1) is 19.8 Å². The number of ether oxygens (including phenoxy) is 1. The Kier molecular flexibility index (Phi) is 5.15. The van der Waals surface area contributed by atoms with Crippen molar-refractivity contribution < 1.29 is 18.7 Å². The molecule has 0 radical (unpaired) electrons. The smallest absolute Gasteiger partial charge is 0.307 e. The van der Waals surface area contributed by atoms with Gasteiger partial charge < -0.3 is 14.1 Å². The van der Waals surface area contributed by atoms with Gasteiger partial charge in [0.2, 0.25) is 0 Å². The number of methoxy groups -OCH3 is 1. The summed E-state index contributed by atoms with van der Waals surface area (Å²) >= 11 is 0. The summed E-state index contributed by atoms with van der Waals surface area (Å²) in [5.74, 6) is -0.330. The molecule has 2 rings (SSSR count). The normalized spacial score (nSPS) is 10.1. The first-order valence-electron chi connectivity index (χ1n) is 6.64. The molecular weight excluding hydrogens is 270 g/mol. The van der Waals surface area contributed by atoms with Gasteiger partial charge in [0, 0.05) is 13.1 Å². The zero-order valence-electron chi connectivity index (χ0n) is 11.8. The van der Waals surface area contributed by atoms with Gasteiger partial charge in [-0.15, -0.1) is 0 Å². The highest BCUT2D eigenvalue weighted by molar-refractivity contribution is 5.91. The molecule has 5 heteroatoms. The van der Waals surface area contributed by atoms with Gasteiger partial charge in [0.15, 0.2) is 5.76 Å². The van der Waals surface area contributed by atoms with Crippen LogP contribution in [0, 0.1) is 0 Å². The summed E-state index contributed by atoms with van der Waals surface area (Å²) < 4.78 is 9.76. The van der Waals surface area contributed by atoms with E-state index in [4.69, 9.17) is 4.42 Å². The Hall–Kier alpha value is -2.56. The first-order chi connectivity index (χ1) is 10.2. The first kappa shape index (κ1) is 14.8. The van der Waals surface area contributed by atoms with Gasteiger partial charge in [-0.25, -0.2) is 0 Å². The van der Waals surface area contributed by atoms with Crippen LogP contribution >= 0.6 is 0 Å². The number of rotatable bonds is 6. The van der Waals surface area contributed by atoms with Crippen LogP contribution in [0.4, 0.5) is 0 Å². The second-order valence-electron chi connectivity index (χ2n) is 4.52. The molecule has 1 aromatic heterocycles. The lowest BCUT2D eigenvalue weighted by atomic mass is 10.2. The van der Waals surface area contributed by atoms with Crippen LogP contribution in [-0.2, 0) is 16.1 Å². The van der Waals surface area contributed by atoms with Crippen molar-refractivity contribution in [2.45, 2.75) is 13.0 Å². The summed E-state index contributed by atoms with van der Waals surface area (Å²) in [6, 6.07) is 12.9. The Morgan fingerprint density at radius 3 is 2.52 bits per heavy atom. The van der Waals surface area contributed by atoms with Crippen LogP contribution in [0.1, 0.15) is 22.5 Å². The lowest BCUT2D eigenvalue weighted by Gasteiger charge is -2.21. The molecule has 0 fully saturated rings. The maximum absolute atomic E-state index is 12.4. The predicted molar refractivity (Wildman–Crippen MR) is 76.5 cm³/mol. The van der Waals surface area contributed by atoms with Crippen LogP contribution in [0.2, 0.25) is 0 Å². The third kappa shape index (κ3) is 4.21. The molecule has 0 saturated carbocycles. The second-order valence-corrected chi connectivity index (χ2v) is 4.52. The molecule has 21 heavy (non-hydrogen) atoms. The van der Waals surface area contributed by atoms with E-state index in [2.05, 4.69) is 4.74 Å². The fourth-order valence-corrected chi connectivity index (χ4v) is 1.94. The van der Waals surface area contributed by atoms with Crippen molar-refractivity contribution in [1.29, 1.82) is 0 Å². The molecule has 0 saturated heterocycles. The summed E-state index contributed by atoms with van der Waals surface area (Å²) in [6.45, 7) is 0.693. The van der Waals surface area contributed by atoms with Crippen molar-refractivity contribution in [1.82, 2.24) is 4.90 Å². The van der Waals surface area contributed by atoms with E-state index < -0.39 is 0 Å². The van der Waals surface area contributed by atoms with Crippen molar-refractivity contribution in [3.63, 3.8) is 0 Å². The van der Waals surface area contributed by atoms with E-state index in [9.17, 15) is 9.59 Å². The van der Waals surface area contributed by atoms with Crippen LogP contribution in [0.15, 0.2) is 53.1 Å². The van der Waals surface area contributed by atoms with E-state index in [-0.39, 0.29) is 30.6 Å². The highest BCUT2D eigenvalue weighted by Crippen LogP contribution is 2.11. The first-order valence-corrected chi connectivity index (χ1v) is 6.64. The Bertz CT molecular complexity index is 578. The molecule has 1 amide bonds. The molecule has 2 aromatic rings. The minimum absolute atomic E-state index is 0.149. The van der Waals surface area contributed by atoms with Crippen LogP contribution in [0.25, 0.3) is 0 Å². The van der Waals surface area contributed by atoms with E-state index in [1.54, 1.807) is 17.0 Å². The van der Waals surface area contributed by atoms with Crippen LogP contribution in [0.3, 0.4) is 0 Å². The predicted octanol–water partition coefficient (Wildman–Crippen LogP) is 2.49. The van der Waals surface area contributed by atoms with E-state index in [0.717, 1.165) is 5.56 Å². The molecule has 0 N–H and O–H groups in total. The van der Waals surface area contributed by atoms with Gasteiger partial charge in [-0.1, -0.05) is 30.3 Å². The van der Waals surface area contributed by atoms with E-state index >= 15 is 0 Å². The molecule has 0 spiro atoms. The number of nitrogens with zero attached hydrogens (tertiary/aromatic N) is 1. The lowest BCUT2D eigenvalue weighted by molar-refractivity contribution is -0.140. The number of amides is 1. The molecule has 0 bridgehead atoms. The molecule has 1 heterocycles. The van der Waals surface area contributed by atoms with Crippen LogP contribution in [0.5, 0.6) is 0 Å². The Morgan fingerprint density at radius 1 is 1.14 bits per heavy atom. The number of furan rings is 1. The minimum atomic E-state index is -0.347. The van der Waals surface area contributed by atoms with Gasteiger partial charge in [-0.05, 0) is 17.7 Å². The third-order valence-electron chi connectivity index (χ3n) is 3.05. The van der Waals surface area contributed by atoms with E-state index in [0.29, 0.717) is 6.54 Å². The summed E-state index contributed by atoms with van der Waals surface area (Å²) in [6.07, 6.45) is 1.60.